The molecule has 2 rings (SSSR count). The van der Waals surface area contributed by atoms with E-state index < -0.39 is 32.2 Å². The third-order valence-electron chi connectivity index (χ3n) is 4.61. The van der Waals surface area contributed by atoms with Crippen LogP contribution in [0.2, 0.25) is 0 Å². The summed E-state index contributed by atoms with van der Waals surface area (Å²) in [5.74, 6) is -1.23. The largest absolute Gasteiger partial charge is 0.457 e. The molecule has 0 aliphatic rings. The number of amidine groups is 1. The molecule has 0 saturated heterocycles. The molecule has 0 fully saturated rings. The first-order chi connectivity index (χ1) is 13.0. The molecule has 0 amide bonds. The predicted molar refractivity (Wildman–Crippen MR) is 106 cm³/mol. The van der Waals surface area contributed by atoms with E-state index in [9.17, 15) is 12.8 Å². The van der Waals surface area contributed by atoms with Crippen molar-refractivity contribution in [3.05, 3.63) is 59.4 Å². The highest BCUT2D eigenvalue weighted by Gasteiger charge is 2.38. The van der Waals surface area contributed by atoms with Crippen molar-refractivity contribution in [3.8, 4) is 17.6 Å². The highest BCUT2D eigenvalue weighted by molar-refractivity contribution is 7.93. The van der Waals surface area contributed by atoms with Crippen molar-refractivity contribution in [3.63, 3.8) is 0 Å². The van der Waals surface area contributed by atoms with Crippen LogP contribution in [-0.2, 0) is 9.84 Å². The summed E-state index contributed by atoms with van der Waals surface area (Å²) < 4.78 is 43.7. The van der Waals surface area contributed by atoms with Crippen molar-refractivity contribution in [2.45, 2.75) is 31.4 Å². The van der Waals surface area contributed by atoms with Crippen LogP contribution in [-0.4, -0.2) is 24.8 Å². The maximum atomic E-state index is 14.3. The Hall–Kier alpha value is -2.92. The van der Waals surface area contributed by atoms with Crippen LogP contribution >= 0.6 is 0 Å². The molecule has 0 aromatic heterocycles. The molecule has 8 heteroatoms. The molecular weight excluding hydrogens is 381 g/mol. The van der Waals surface area contributed by atoms with Crippen LogP contribution < -0.4 is 10.5 Å². The van der Waals surface area contributed by atoms with Gasteiger partial charge in [0.05, 0.1) is 17.4 Å². The highest BCUT2D eigenvalue weighted by Crippen LogP contribution is 2.30. The van der Waals surface area contributed by atoms with Gasteiger partial charge in [-0.25, -0.2) is 12.8 Å². The van der Waals surface area contributed by atoms with Crippen LogP contribution in [0.3, 0.4) is 0 Å². The van der Waals surface area contributed by atoms with Gasteiger partial charge in [-0.15, -0.1) is 0 Å². The molecule has 0 radical (unpaired) electrons. The number of nitrogens with one attached hydrogen (secondary N) is 1. The fourth-order valence-corrected chi connectivity index (χ4v) is 4.08. The fourth-order valence-electron chi connectivity index (χ4n) is 2.49. The van der Waals surface area contributed by atoms with E-state index in [1.807, 2.05) is 6.07 Å². The third kappa shape index (κ3) is 4.49. The number of nitriles is 1. The molecule has 6 nitrogen and oxygen atoms in total. The number of rotatable bonds is 7. The van der Waals surface area contributed by atoms with Gasteiger partial charge in [0.25, 0.3) is 0 Å². The van der Waals surface area contributed by atoms with Crippen LogP contribution in [0.1, 0.15) is 37.8 Å². The Bertz CT molecular complexity index is 1030. The van der Waals surface area contributed by atoms with Gasteiger partial charge >= 0.3 is 0 Å². The first kappa shape index (κ1) is 21.4. The maximum absolute atomic E-state index is 14.3. The van der Waals surface area contributed by atoms with Gasteiger partial charge in [0.15, 0.2) is 9.84 Å². The lowest BCUT2D eigenvalue weighted by molar-refractivity contribution is 0.477. The van der Waals surface area contributed by atoms with E-state index in [0.717, 1.165) is 0 Å². The van der Waals surface area contributed by atoms with E-state index in [1.54, 1.807) is 31.2 Å². The number of nitrogens with zero attached hydrogens (tertiary/aromatic N) is 1. The minimum atomic E-state index is -3.79. The van der Waals surface area contributed by atoms with E-state index in [2.05, 4.69) is 0 Å². The molecule has 0 bridgehead atoms. The quantitative estimate of drug-likeness (QED) is 0.540. The van der Waals surface area contributed by atoms with Gasteiger partial charge < -0.3 is 10.5 Å². The Kier molecular flexibility index (Phi) is 6.10. The maximum Gasteiger partial charge on any atom is 0.163 e. The first-order valence-electron chi connectivity index (χ1n) is 8.52. The van der Waals surface area contributed by atoms with Gasteiger partial charge in [0.1, 0.15) is 27.9 Å². The molecule has 1 atom stereocenters. The lowest BCUT2D eigenvalue weighted by Gasteiger charge is -2.25. The van der Waals surface area contributed by atoms with Crippen LogP contribution in [0, 0.1) is 22.6 Å². The van der Waals surface area contributed by atoms with Gasteiger partial charge in [0.2, 0.25) is 0 Å². The minimum Gasteiger partial charge on any atom is -0.457 e. The topological polar surface area (TPSA) is 117 Å². The van der Waals surface area contributed by atoms with Gasteiger partial charge in [-0.2, -0.15) is 5.26 Å². The Labute approximate surface area is 164 Å². The summed E-state index contributed by atoms with van der Waals surface area (Å²) in [6.45, 7) is 4.31. The standard InChI is InChI=1S/C20H22FN3O3S/c1-13(12-28(25,26)20(2,3)19(23)24)17-10-16(8-9-18(17)21)27-15-6-4-14(11-22)5-7-15/h4-10,13H,12H2,1-3H3,(H3,23,24). The van der Waals surface area contributed by atoms with Crippen LogP contribution in [0.5, 0.6) is 11.5 Å². The van der Waals surface area contributed by atoms with E-state index in [4.69, 9.17) is 21.1 Å². The molecule has 2 aromatic carbocycles. The zero-order chi connectivity index (χ0) is 21.1. The molecular formula is C20H22FN3O3S. The average Bonchev–Trinajstić information content (AvgIpc) is 2.63. The zero-order valence-corrected chi connectivity index (χ0v) is 16.7. The summed E-state index contributed by atoms with van der Waals surface area (Å²) in [5.41, 5.74) is 6.10. The van der Waals surface area contributed by atoms with Crippen LogP contribution in [0.4, 0.5) is 4.39 Å². The van der Waals surface area contributed by atoms with Crippen LogP contribution in [0.25, 0.3) is 0 Å². The van der Waals surface area contributed by atoms with Crippen molar-refractivity contribution in [2.75, 3.05) is 5.75 Å². The Morgan fingerprint density at radius 1 is 1.25 bits per heavy atom. The zero-order valence-electron chi connectivity index (χ0n) is 15.9. The van der Waals surface area contributed by atoms with Gasteiger partial charge in [-0.1, -0.05) is 6.92 Å². The monoisotopic (exact) mass is 403 g/mol. The molecule has 2 aromatic rings. The molecule has 0 spiro atoms. The van der Waals surface area contributed by atoms with Crippen molar-refractivity contribution in [2.24, 2.45) is 5.73 Å². The average molecular weight is 403 g/mol. The number of benzene rings is 2. The summed E-state index contributed by atoms with van der Waals surface area (Å²) in [6, 6.07) is 12.5. The smallest absolute Gasteiger partial charge is 0.163 e. The Morgan fingerprint density at radius 2 is 1.82 bits per heavy atom. The first-order valence-corrected chi connectivity index (χ1v) is 10.2. The van der Waals surface area contributed by atoms with Crippen LogP contribution in [0.15, 0.2) is 42.5 Å². The highest BCUT2D eigenvalue weighted by atomic mass is 32.2. The summed E-state index contributed by atoms with van der Waals surface area (Å²) in [5, 5.41) is 16.3. The van der Waals surface area contributed by atoms with E-state index >= 15 is 0 Å². The third-order valence-corrected chi connectivity index (χ3v) is 7.33. The molecule has 0 heterocycles. The van der Waals surface area contributed by atoms with Crippen molar-refractivity contribution in [1.82, 2.24) is 0 Å². The molecule has 0 aliphatic carbocycles. The Balaban J connectivity index is 2.27. The van der Waals surface area contributed by atoms with E-state index in [0.29, 0.717) is 17.1 Å². The number of halogens is 1. The summed E-state index contributed by atoms with van der Waals surface area (Å²) >= 11 is 0. The second-order valence-corrected chi connectivity index (χ2v) is 9.61. The minimum absolute atomic E-state index is 0.189. The van der Waals surface area contributed by atoms with Crippen molar-refractivity contribution < 1.29 is 17.5 Å². The summed E-state index contributed by atoms with van der Waals surface area (Å²) in [4.78, 5) is 0. The molecule has 0 aliphatic heterocycles. The van der Waals surface area contributed by atoms with Gasteiger partial charge in [0, 0.05) is 0 Å². The van der Waals surface area contributed by atoms with Crippen molar-refractivity contribution >= 4 is 15.7 Å². The number of ether oxygens (including phenoxy) is 1. The SMILES string of the molecule is CC(CS(=O)(=O)C(C)(C)C(=N)N)c1cc(Oc2ccc(C#N)cc2)ccc1F. The number of hydrogen-bond donors (Lipinski definition) is 2. The summed E-state index contributed by atoms with van der Waals surface area (Å²) in [6.07, 6.45) is 0. The van der Waals surface area contributed by atoms with E-state index in [-0.39, 0.29) is 11.3 Å². The molecule has 0 saturated carbocycles. The summed E-state index contributed by atoms with van der Waals surface area (Å²) in [7, 11) is -3.79. The van der Waals surface area contributed by atoms with Crippen molar-refractivity contribution in [1.29, 1.82) is 10.7 Å². The number of nitrogens with two attached hydrogens (primary N) is 1. The number of sulfone groups is 1. The number of hydrogen-bond acceptors (Lipinski definition) is 5. The van der Waals surface area contributed by atoms with Gasteiger partial charge in [-0.3, -0.25) is 5.41 Å². The predicted octanol–water partition coefficient (Wildman–Crippen LogP) is 3.72. The second-order valence-electron chi connectivity index (χ2n) is 7.03. The molecule has 28 heavy (non-hydrogen) atoms. The molecule has 3 N–H and O–H groups in total. The van der Waals surface area contributed by atoms with E-state index in [1.165, 1.54) is 32.0 Å². The lowest BCUT2D eigenvalue weighted by atomic mass is 10.0. The normalized spacial score (nSPS) is 12.8. The molecule has 1 unspecified atom stereocenters. The fraction of sp³-hybridized carbons (Fsp3) is 0.300. The van der Waals surface area contributed by atoms with Gasteiger partial charge in [-0.05, 0) is 67.8 Å². The Morgan fingerprint density at radius 3 is 2.36 bits per heavy atom. The second kappa shape index (κ2) is 7.98. The lowest BCUT2D eigenvalue weighted by Crippen LogP contribution is -2.46. The molecule has 148 valence electrons.